The molecule has 0 aliphatic heterocycles. The molecule has 4 N–H and O–H groups in total. The third-order valence-corrected chi connectivity index (χ3v) is 7.08. The number of hydrogen-bond acceptors (Lipinski definition) is 6. The van der Waals surface area contributed by atoms with Gasteiger partial charge in [-0.2, -0.15) is 0 Å². The fourth-order valence-corrected chi connectivity index (χ4v) is 5.18. The number of aromatic nitrogens is 2. The molecule has 0 spiro atoms. The fraction of sp³-hybridized carbons (Fsp3) is 0.467. The van der Waals surface area contributed by atoms with Gasteiger partial charge in [0.25, 0.3) is 0 Å². The van der Waals surface area contributed by atoms with Crippen molar-refractivity contribution in [2.75, 3.05) is 19.6 Å². The number of carbonyl (C=O) groups excluding carboxylic acids is 2. The van der Waals surface area contributed by atoms with E-state index in [0.717, 1.165) is 29.8 Å². The van der Waals surface area contributed by atoms with Crippen LogP contribution in [0.5, 0.6) is 0 Å². The normalized spacial score (nSPS) is 18.5. The predicted octanol–water partition coefficient (Wildman–Crippen LogP) is 3.10. The largest absolute Gasteiger partial charge is 0.391 e. The number of nitrogens with zero attached hydrogens (tertiary/aromatic N) is 3. The maximum atomic E-state index is 14.4. The fourth-order valence-electron chi connectivity index (χ4n) is 5.18. The van der Waals surface area contributed by atoms with Crippen molar-refractivity contribution in [2.45, 2.75) is 59.1 Å². The van der Waals surface area contributed by atoms with Crippen molar-refractivity contribution in [3.05, 3.63) is 83.5 Å². The SMILES string of the molecule is CCCN(CCC)C(=O)C1([C@H](Cc2ccccc2)[C@@H](O)CNCc2cnc(C)cn2)C=CC=C(C(N)=O)C1. The van der Waals surface area contributed by atoms with Gasteiger partial charge in [0, 0.05) is 50.1 Å². The molecule has 0 saturated heterocycles. The first kappa shape index (κ1) is 29.2. The lowest BCUT2D eigenvalue weighted by atomic mass is 9.64. The van der Waals surface area contributed by atoms with Crippen LogP contribution in [0.2, 0.25) is 0 Å². The second kappa shape index (κ2) is 14.0. The molecular formula is C30H41N5O3. The average Bonchev–Trinajstić information content (AvgIpc) is 2.92. The number of nitrogens with two attached hydrogens (primary N) is 1. The summed E-state index contributed by atoms with van der Waals surface area (Å²) >= 11 is 0. The van der Waals surface area contributed by atoms with Gasteiger partial charge in [0.1, 0.15) is 0 Å². The molecule has 3 rings (SSSR count). The van der Waals surface area contributed by atoms with Crippen molar-refractivity contribution in [1.29, 1.82) is 0 Å². The molecule has 2 amide bonds. The Labute approximate surface area is 226 Å². The maximum absolute atomic E-state index is 14.4. The van der Waals surface area contributed by atoms with Gasteiger partial charge in [-0.3, -0.25) is 19.6 Å². The maximum Gasteiger partial charge on any atom is 0.244 e. The number of nitrogens with one attached hydrogen (secondary N) is 1. The summed E-state index contributed by atoms with van der Waals surface area (Å²) in [7, 11) is 0. The molecule has 0 fully saturated rings. The molecule has 1 heterocycles. The number of rotatable bonds is 14. The molecule has 1 aliphatic carbocycles. The summed E-state index contributed by atoms with van der Waals surface area (Å²) in [6.45, 7) is 7.86. The summed E-state index contributed by atoms with van der Waals surface area (Å²) in [5.41, 5.74) is 7.59. The molecule has 204 valence electrons. The Bertz CT molecular complexity index is 1110. The molecule has 8 nitrogen and oxygen atoms in total. The van der Waals surface area contributed by atoms with E-state index >= 15 is 0 Å². The van der Waals surface area contributed by atoms with Crippen LogP contribution in [-0.2, 0) is 22.6 Å². The number of aryl methyl sites for hydroxylation is 1. The van der Waals surface area contributed by atoms with Gasteiger partial charge in [-0.05, 0) is 38.2 Å². The van der Waals surface area contributed by atoms with Crippen molar-refractivity contribution < 1.29 is 14.7 Å². The molecule has 0 radical (unpaired) electrons. The summed E-state index contributed by atoms with van der Waals surface area (Å²) in [4.78, 5) is 37.2. The van der Waals surface area contributed by atoms with Gasteiger partial charge in [0.2, 0.25) is 11.8 Å². The van der Waals surface area contributed by atoms with E-state index in [2.05, 4.69) is 15.3 Å². The van der Waals surface area contributed by atoms with Gasteiger partial charge < -0.3 is 21.1 Å². The van der Waals surface area contributed by atoms with E-state index in [4.69, 9.17) is 5.73 Å². The van der Waals surface area contributed by atoms with E-state index in [-0.39, 0.29) is 18.9 Å². The Morgan fingerprint density at radius 3 is 2.45 bits per heavy atom. The van der Waals surface area contributed by atoms with Crippen LogP contribution in [0.3, 0.4) is 0 Å². The molecule has 1 aliphatic rings. The smallest absolute Gasteiger partial charge is 0.244 e. The minimum atomic E-state index is -1.12. The van der Waals surface area contributed by atoms with E-state index in [0.29, 0.717) is 31.6 Å². The number of carbonyl (C=O) groups is 2. The molecule has 1 unspecified atom stereocenters. The summed E-state index contributed by atoms with van der Waals surface area (Å²) in [6, 6.07) is 9.85. The number of allylic oxidation sites excluding steroid dienone is 2. The zero-order valence-electron chi connectivity index (χ0n) is 22.8. The number of hydrogen-bond donors (Lipinski definition) is 3. The number of aliphatic hydroxyl groups is 1. The lowest BCUT2D eigenvalue weighted by molar-refractivity contribution is -0.145. The average molecular weight is 520 g/mol. The van der Waals surface area contributed by atoms with Gasteiger partial charge in [0.05, 0.1) is 22.9 Å². The van der Waals surface area contributed by atoms with Crippen LogP contribution in [-0.4, -0.2) is 57.5 Å². The van der Waals surface area contributed by atoms with Gasteiger partial charge in [-0.1, -0.05) is 62.4 Å². The third-order valence-electron chi connectivity index (χ3n) is 7.08. The standard InChI is InChI=1S/C30H41N5O3/c1-4-14-35(15-5-2)29(38)30(13-9-12-24(17-30)28(31)37)26(16-23-10-7-6-8-11-23)27(36)21-32-19-25-20-33-22(3)18-34-25/h6-13,18,20,26-27,32,36H,4-5,14-17,19,21H2,1-3H3,(H2,31,37)/t26-,27+,30?/m1/s1. The first-order valence-corrected chi connectivity index (χ1v) is 13.5. The van der Waals surface area contributed by atoms with Crippen LogP contribution in [0.25, 0.3) is 0 Å². The van der Waals surface area contributed by atoms with Crippen LogP contribution >= 0.6 is 0 Å². The molecule has 0 saturated carbocycles. The number of benzene rings is 1. The first-order valence-electron chi connectivity index (χ1n) is 13.5. The first-order chi connectivity index (χ1) is 18.3. The number of amides is 2. The molecule has 1 aromatic heterocycles. The highest BCUT2D eigenvalue weighted by Gasteiger charge is 2.49. The zero-order valence-corrected chi connectivity index (χ0v) is 22.8. The molecule has 8 heteroatoms. The van der Waals surface area contributed by atoms with Gasteiger partial charge in [-0.15, -0.1) is 0 Å². The second-order valence-electron chi connectivity index (χ2n) is 10.1. The van der Waals surface area contributed by atoms with Gasteiger partial charge in [-0.25, -0.2) is 0 Å². The summed E-state index contributed by atoms with van der Waals surface area (Å²) < 4.78 is 0. The molecule has 1 aromatic carbocycles. The second-order valence-corrected chi connectivity index (χ2v) is 10.1. The van der Waals surface area contributed by atoms with Gasteiger partial charge >= 0.3 is 0 Å². The molecule has 3 atom stereocenters. The van der Waals surface area contributed by atoms with Crippen LogP contribution in [0, 0.1) is 18.3 Å². The Kier molecular flexibility index (Phi) is 10.7. The topological polar surface area (TPSA) is 121 Å². The molecule has 38 heavy (non-hydrogen) atoms. The minimum Gasteiger partial charge on any atom is -0.391 e. The number of aliphatic hydroxyl groups excluding tert-OH is 1. The zero-order chi connectivity index (χ0) is 27.5. The molecular weight excluding hydrogens is 478 g/mol. The van der Waals surface area contributed by atoms with E-state index in [1.807, 2.05) is 62.1 Å². The minimum absolute atomic E-state index is 0.0753. The Morgan fingerprint density at radius 2 is 1.84 bits per heavy atom. The van der Waals surface area contributed by atoms with Crippen molar-refractivity contribution >= 4 is 11.8 Å². The Morgan fingerprint density at radius 1 is 1.13 bits per heavy atom. The Balaban J connectivity index is 1.97. The predicted molar refractivity (Wildman–Crippen MR) is 149 cm³/mol. The van der Waals surface area contributed by atoms with Crippen LogP contribution in [0.4, 0.5) is 0 Å². The highest BCUT2D eigenvalue weighted by Crippen LogP contribution is 2.44. The lowest BCUT2D eigenvalue weighted by Gasteiger charge is -2.44. The third kappa shape index (κ3) is 7.36. The van der Waals surface area contributed by atoms with Crippen molar-refractivity contribution in [3.63, 3.8) is 0 Å². The summed E-state index contributed by atoms with van der Waals surface area (Å²) in [5, 5.41) is 15.0. The van der Waals surface area contributed by atoms with Crippen molar-refractivity contribution in [2.24, 2.45) is 17.1 Å². The van der Waals surface area contributed by atoms with Gasteiger partial charge in [0.15, 0.2) is 0 Å². The highest BCUT2D eigenvalue weighted by molar-refractivity contribution is 5.95. The quantitative estimate of drug-likeness (QED) is 0.353. The molecule has 2 aromatic rings. The van der Waals surface area contributed by atoms with Crippen LogP contribution in [0.15, 0.2) is 66.5 Å². The van der Waals surface area contributed by atoms with Crippen molar-refractivity contribution in [1.82, 2.24) is 20.2 Å². The summed E-state index contributed by atoms with van der Waals surface area (Å²) in [5.74, 6) is -1.13. The van der Waals surface area contributed by atoms with E-state index in [9.17, 15) is 14.7 Å². The van der Waals surface area contributed by atoms with E-state index < -0.39 is 23.3 Å². The Hall–Kier alpha value is -3.36. The van der Waals surface area contributed by atoms with Crippen LogP contribution < -0.4 is 11.1 Å². The van der Waals surface area contributed by atoms with Crippen molar-refractivity contribution in [3.8, 4) is 0 Å². The molecule has 0 bridgehead atoms. The number of primary amides is 1. The van der Waals surface area contributed by atoms with E-state index in [1.165, 1.54) is 0 Å². The van der Waals surface area contributed by atoms with E-state index in [1.54, 1.807) is 24.5 Å². The lowest BCUT2D eigenvalue weighted by Crippen LogP contribution is -2.54. The van der Waals surface area contributed by atoms with Crippen LogP contribution in [0.1, 0.15) is 50.1 Å². The highest BCUT2D eigenvalue weighted by atomic mass is 16.3. The monoisotopic (exact) mass is 519 g/mol. The summed E-state index contributed by atoms with van der Waals surface area (Å²) in [6.07, 6.45) is 10.1.